The van der Waals surface area contributed by atoms with E-state index in [4.69, 9.17) is 11.6 Å². The Morgan fingerprint density at radius 2 is 1.94 bits per heavy atom. The van der Waals surface area contributed by atoms with Gasteiger partial charge in [-0.05, 0) is 50.3 Å². The van der Waals surface area contributed by atoms with Crippen LogP contribution in [0.5, 0.6) is 0 Å². The highest BCUT2D eigenvalue weighted by molar-refractivity contribution is 6.30. The Bertz CT molecular complexity index is 315. The zero-order chi connectivity index (χ0) is 11.6. The van der Waals surface area contributed by atoms with Crippen LogP contribution >= 0.6 is 11.6 Å². The van der Waals surface area contributed by atoms with Gasteiger partial charge in [0, 0.05) is 5.02 Å². The Morgan fingerprint density at radius 1 is 1.12 bits per heavy atom. The van der Waals surface area contributed by atoms with Gasteiger partial charge in [-0.25, -0.2) is 0 Å². The lowest BCUT2D eigenvalue weighted by atomic mass is 10.1. The predicted molar refractivity (Wildman–Crippen MR) is 72.7 cm³/mol. The maximum absolute atomic E-state index is 5.93. The van der Waals surface area contributed by atoms with Crippen molar-refractivity contribution >= 4 is 11.6 Å². The summed E-state index contributed by atoms with van der Waals surface area (Å²) in [5, 5.41) is 0.845. The van der Waals surface area contributed by atoms with Gasteiger partial charge >= 0.3 is 0 Å². The molecule has 0 aromatic heterocycles. The molecule has 1 aromatic rings. The van der Waals surface area contributed by atoms with Crippen molar-refractivity contribution in [3.63, 3.8) is 0 Å². The molecule has 0 saturated carbocycles. The summed E-state index contributed by atoms with van der Waals surface area (Å²) < 4.78 is 0. The van der Waals surface area contributed by atoms with E-state index in [0.29, 0.717) is 0 Å². The molecule has 0 unspecified atom stereocenters. The van der Waals surface area contributed by atoms with E-state index in [-0.39, 0.29) is 0 Å². The highest BCUT2D eigenvalue weighted by Gasteiger charge is 1.94. The molecule has 0 aliphatic rings. The molecule has 0 aliphatic carbocycles. The first-order chi connectivity index (χ1) is 7.83. The number of allylic oxidation sites excluding steroid dienone is 2. The minimum Gasteiger partial charge on any atom is -0.0885 e. The quantitative estimate of drug-likeness (QED) is 0.568. The Labute approximate surface area is 104 Å². The van der Waals surface area contributed by atoms with Gasteiger partial charge in [0.15, 0.2) is 0 Å². The Hall–Kier alpha value is -0.750. The number of hydrogen-bond donors (Lipinski definition) is 0. The number of unbranched alkanes of at least 4 members (excludes halogenated alkanes) is 4. The molecule has 0 bridgehead atoms. The van der Waals surface area contributed by atoms with Crippen LogP contribution in [0.15, 0.2) is 36.4 Å². The smallest absolute Gasteiger partial charge is 0.0408 e. The summed E-state index contributed by atoms with van der Waals surface area (Å²) in [7, 11) is 0. The predicted octanol–water partition coefficient (Wildman–Crippen LogP) is 5.22. The Morgan fingerprint density at radius 3 is 2.69 bits per heavy atom. The third kappa shape index (κ3) is 5.97. The van der Waals surface area contributed by atoms with E-state index < -0.39 is 0 Å². The maximum Gasteiger partial charge on any atom is 0.0408 e. The molecule has 16 heavy (non-hydrogen) atoms. The molecule has 0 saturated heterocycles. The fourth-order valence-electron chi connectivity index (χ4n) is 1.76. The van der Waals surface area contributed by atoms with Gasteiger partial charge in [0.2, 0.25) is 0 Å². The second-order valence-corrected chi connectivity index (χ2v) is 4.49. The average molecular weight is 236 g/mol. The summed E-state index contributed by atoms with van der Waals surface area (Å²) in [6.07, 6.45) is 11.5. The van der Waals surface area contributed by atoms with Crippen molar-refractivity contribution in [2.45, 2.75) is 38.5 Å². The van der Waals surface area contributed by atoms with E-state index in [1.807, 2.05) is 18.2 Å². The largest absolute Gasteiger partial charge is 0.0885 e. The molecule has 1 radical (unpaired) electrons. The van der Waals surface area contributed by atoms with Crippen LogP contribution in [0, 0.1) is 6.92 Å². The minimum absolute atomic E-state index is 0.845. The molecular weight excluding hydrogens is 216 g/mol. The maximum atomic E-state index is 5.93. The number of aryl methyl sites for hydroxylation is 1. The van der Waals surface area contributed by atoms with Crippen molar-refractivity contribution in [1.82, 2.24) is 0 Å². The van der Waals surface area contributed by atoms with Crippen LogP contribution in [-0.4, -0.2) is 0 Å². The average Bonchev–Trinajstić information content (AvgIpc) is 2.28. The fourth-order valence-corrected chi connectivity index (χ4v) is 1.97. The van der Waals surface area contributed by atoms with Gasteiger partial charge in [-0.2, -0.15) is 0 Å². The van der Waals surface area contributed by atoms with E-state index in [0.717, 1.165) is 11.4 Å². The monoisotopic (exact) mass is 235 g/mol. The topological polar surface area (TPSA) is 0 Å². The van der Waals surface area contributed by atoms with Gasteiger partial charge in [-0.3, -0.25) is 0 Å². The minimum atomic E-state index is 0.845. The molecule has 0 N–H and O–H groups in total. The summed E-state index contributed by atoms with van der Waals surface area (Å²) in [5.74, 6) is 0. The summed E-state index contributed by atoms with van der Waals surface area (Å²) in [6, 6.07) is 8.16. The molecule has 0 amide bonds. The lowest BCUT2D eigenvalue weighted by Crippen LogP contribution is -1.85. The van der Waals surface area contributed by atoms with Crippen LogP contribution in [0.25, 0.3) is 0 Å². The summed E-state index contributed by atoms with van der Waals surface area (Å²) in [4.78, 5) is 0. The van der Waals surface area contributed by atoms with Gasteiger partial charge < -0.3 is 0 Å². The molecule has 87 valence electrons. The fraction of sp³-hybridized carbons (Fsp3) is 0.400. The molecule has 0 fully saturated rings. The number of halogens is 1. The summed E-state index contributed by atoms with van der Waals surface area (Å²) in [6.45, 7) is 3.67. The first kappa shape index (κ1) is 13.3. The second-order valence-electron chi connectivity index (χ2n) is 4.05. The van der Waals surface area contributed by atoms with Crippen molar-refractivity contribution < 1.29 is 0 Å². The van der Waals surface area contributed by atoms with Gasteiger partial charge in [0.05, 0.1) is 0 Å². The zero-order valence-corrected chi connectivity index (χ0v) is 10.5. The van der Waals surface area contributed by atoms with Crippen LogP contribution in [0.1, 0.15) is 37.7 Å². The SMILES string of the molecule is [CH2]C=CCCCCCCc1cccc(Cl)c1. The van der Waals surface area contributed by atoms with Crippen molar-refractivity contribution in [1.29, 1.82) is 0 Å². The normalized spacial score (nSPS) is 11.1. The molecule has 0 nitrogen and oxygen atoms in total. The van der Waals surface area contributed by atoms with Crippen molar-refractivity contribution in [2.75, 3.05) is 0 Å². The standard InChI is InChI=1S/C15H20Cl/c1-2-3-4-5-6-7-8-10-14-11-9-12-15(16)13-14/h2-3,9,11-13H,1,4-8,10H2. The van der Waals surface area contributed by atoms with Crippen molar-refractivity contribution in [3.8, 4) is 0 Å². The molecule has 0 aliphatic heterocycles. The van der Waals surface area contributed by atoms with Gasteiger partial charge in [0.25, 0.3) is 0 Å². The Kier molecular flexibility index (Phi) is 7.00. The molecule has 0 spiro atoms. The highest BCUT2D eigenvalue weighted by Crippen LogP contribution is 2.14. The van der Waals surface area contributed by atoms with Gasteiger partial charge in [0.1, 0.15) is 0 Å². The van der Waals surface area contributed by atoms with Crippen molar-refractivity contribution in [2.24, 2.45) is 0 Å². The highest BCUT2D eigenvalue weighted by atomic mass is 35.5. The molecule has 0 atom stereocenters. The van der Waals surface area contributed by atoms with E-state index in [2.05, 4.69) is 25.1 Å². The number of benzene rings is 1. The van der Waals surface area contributed by atoms with E-state index in [1.54, 1.807) is 0 Å². The van der Waals surface area contributed by atoms with Gasteiger partial charge in [-0.15, -0.1) is 0 Å². The molecule has 1 heteroatoms. The third-order valence-corrected chi connectivity index (χ3v) is 2.88. The van der Waals surface area contributed by atoms with Crippen LogP contribution in [0.2, 0.25) is 5.02 Å². The molecular formula is C15H20Cl. The summed E-state index contributed by atoms with van der Waals surface area (Å²) >= 11 is 5.93. The van der Waals surface area contributed by atoms with E-state index in [9.17, 15) is 0 Å². The van der Waals surface area contributed by atoms with E-state index in [1.165, 1.54) is 37.7 Å². The number of rotatable bonds is 7. The van der Waals surface area contributed by atoms with Gasteiger partial charge in [-0.1, -0.05) is 48.7 Å². The molecule has 0 heterocycles. The molecule has 1 aromatic carbocycles. The second kappa shape index (κ2) is 8.41. The number of hydrogen-bond acceptors (Lipinski definition) is 0. The Balaban J connectivity index is 2.07. The lowest BCUT2D eigenvalue weighted by Gasteiger charge is -2.02. The zero-order valence-electron chi connectivity index (χ0n) is 9.79. The first-order valence-electron chi connectivity index (χ1n) is 6.01. The van der Waals surface area contributed by atoms with E-state index >= 15 is 0 Å². The third-order valence-electron chi connectivity index (χ3n) is 2.64. The first-order valence-corrected chi connectivity index (χ1v) is 6.39. The molecule has 1 rings (SSSR count). The van der Waals surface area contributed by atoms with Crippen LogP contribution in [0.4, 0.5) is 0 Å². The summed E-state index contributed by atoms with van der Waals surface area (Å²) in [5.41, 5.74) is 1.35. The van der Waals surface area contributed by atoms with Crippen molar-refractivity contribution in [3.05, 3.63) is 53.9 Å². The van der Waals surface area contributed by atoms with Crippen LogP contribution in [0.3, 0.4) is 0 Å². The van der Waals surface area contributed by atoms with Crippen LogP contribution in [-0.2, 0) is 6.42 Å². The lowest BCUT2D eigenvalue weighted by molar-refractivity contribution is 0.646. The van der Waals surface area contributed by atoms with Crippen LogP contribution < -0.4 is 0 Å².